The Morgan fingerprint density at radius 1 is 1.19 bits per heavy atom. The summed E-state index contributed by atoms with van der Waals surface area (Å²) in [6, 6.07) is 9.56. The highest BCUT2D eigenvalue weighted by atomic mass is 32.1. The Labute approximate surface area is 124 Å². The second-order valence-corrected chi connectivity index (χ2v) is 5.24. The van der Waals surface area contributed by atoms with Gasteiger partial charge in [-0.05, 0) is 35.7 Å². The molecular weight excluding hydrogens is 286 g/mol. The third-order valence-corrected chi connectivity index (χ3v) is 3.75. The lowest BCUT2D eigenvalue weighted by molar-refractivity contribution is 0.517. The minimum Gasteiger partial charge on any atom is -0.467 e. The van der Waals surface area contributed by atoms with Gasteiger partial charge in [0.25, 0.3) is 0 Å². The smallest absolute Gasteiger partial charge is 0.186 e. The zero-order valence-electron chi connectivity index (χ0n) is 10.9. The van der Waals surface area contributed by atoms with Gasteiger partial charge in [0.15, 0.2) is 11.5 Å². The number of anilines is 1. The first-order valence-electron chi connectivity index (χ1n) is 6.41. The van der Waals surface area contributed by atoms with Gasteiger partial charge in [0.1, 0.15) is 11.6 Å². The zero-order chi connectivity index (χ0) is 14.1. The number of fused-ring (bicyclic) bond motifs is 1. The van der Waals surface area contributed by atoms with Crippen LogP contribution in [0.5, 0.6) is 0 Å². The van der Waals surface area contributed by atoms with Gasteiger partial charge < -0.3 is 9.73 Å². The average molecular weight is 297 g/mol. The topological polar surface area (TPSA) is 68.2 Å². The number of thiophene rings is 1. The second-order valence-electron chi connectivity index (χ2n) is 4.46. The van der Waals surface area contributed by atoms with Crippen LogP contribution >= 0.6 is 11.3 Å². The standard InChI is InChI=1S/C14H11N5OS/c1-2-11(20-6-1)8-15-12-3-4-13-16-17-14(19(13)18-12)10-5-7-21-9-10/h1-7,9H,8H2,(H,15,18). The van der Waals surface area contributed by atoms with E-state index in [2.05, 4.69) is 20.6 Å². The quantitative estimate of drug-likeness (QED) is 0.627. The van der Waals surface area contributed by atoms with Crippen LogP contribution in [0.2, 0.25) is 0 Å². The maximum absolute atomic E-state index is 5.29. The van der Waals surface area contributed by atoms with Crippen molar-refractivity contribution in [2.24, 2.45) is 0 Å². The van der Waals surface area contributed by atoms with E-state index in [1.54, 1.807) is 22.1 Å². The summed E-state index contributed by atoms with van der Waals surface area (Å²) in [4.78, 5) is 0. The van der Waals surface area contributed by atoms with Crippen molar-refractivity contribution in [1.29, 1.82) is 0 Å². The van der Waals surface area contributed by atoms with Gasteiger partial charge in [0, 0.05) is 10.9 Å². The van der Waals surface area contributed by atoms with Crippen molar-refractivity contribution < 1.29 is 4.42 Å². The Kier molecular flexibility index (Phi) is 2.89. The minimum absolute atomic E-state index is 0.585. The number of hydrogen-bond acceptors (Lipinski definition) is 6. The molecule has 0 saturated carbocycles. The number of furan rings is 1. The van der Waals surface area contributed by atoms with E-state index in [0.29, 0.717) is 6.54 Å². The third-order valence-electron chi connectivity index (χ3n) is 3.07. The molecule has 1 N–H and O–H groups in total. The Bertz CT molecular complexity index is 851. The van der Waals surface area contributed by atoms with Gasteiger partial charge in [0.05, 0.1) is 12.8 Å². The van der Waals surface area contributed by atoms with Gasteiger partial charge in [0.2, 0.25) is 0 Å². The number of nitrogens with zero attached hydrogens (tertiary/aromatic N) is 4. The average Bonchev–Trinajstić information content (AvgIpc) is 3.24. The zero-order valence-corrected chi connectivity index (χ0v) is 11.7. The predicted molar refractivity (Wildman–Crippen MR) is 80.1 cm³/mol. The van der Waals surface area contributed by atoms with Crippen LogP contribution in [-0.2, 0) is 6.54 Å². The molecule has 21 heavy (non-hydrogen) atoms. The molecule has 0 saturated heterocycles. The summed E-state index contributed by atoms with van der Waals surface area (Å²) in [7, 11) is 0. The summed E-state index contributed by atoms with van der Waals surface area (Å²) >= 11 is 1.62. The second kappa shape index (κ2) is 5.02. The number of hydrogen-bond donors (Lipinski definition) is 1. The number of rotatable bonds is 4. The lowest BCUT2D eigenvalue weighted by Crippen LogP contribution is -2.04. The van der Waals surface area contributed by atoms with Gasteiger partial charge in [-0.1, -0.05) is 0 Å². The molecular formula is C14H11N5OS. The fourth-order valence-corrected chi connectivity index (χ4v) is 2.68. The molecule has 4 rings (SSSR count). The number of aromatic nitrogens is 4. The molecule has 0 aliphatic carbocycles. The molecule has 0 aromatic carbocycles. The first-order chi connectivity index (χ1) is 10.4. The van der Waals surface area contributed by atoms with Crippen LogP contribution in [0, 0.1) is 0 Å². The fraction of sp³-hybridized carbons (Fsp3) is 0.0714. The first kappa shape index (κ1) is 12.1. The van der Waals surface area contributed by atoms with Crippen molar-refractivity contribution in [3.8, 4) is 11.4 Å². The monoisotopic (exact) mass is 297 g/mol. The van der Waals surface area contributed by atoms with E-state index in [1.165, 1.54) is 0 Å². The van der Waals surface area contributed by atoms with E-state index in [4.69, 9.17) is 4.42 Å². The molecule has 0 aliphatic rings. The summed E-state index contributed by atoms with van der Waals surface area (Å²) in [5, 5.41) is 20.1. The normalized spacial score (nSPS) is 11.0. The highest BCUT2D eigenvalue weighted by Gasteiger charge is 2.10. The lowest BCUT2D eigenvalue weighted by atomic mass is 10.3. The van der Waals surface area contributed by atoms with Crippen LogP contribution in [-0.4, -0.2) is 19.8 Å². The minimum atomic E-state index is 0.585. The predicted octanol–water partition coefficient (Wildman–Crippen LogP) is 3.06. The van der Waals surface area contributed by atoms with Gasteiger partial charge in [-0.15, -0.1) is 15.3 Å². The van der Waals surface area contributed by atoms with Crippen LogP contribution in [0.25, 0.3) is 17.0 Å². The molecule has 0 unspecified atom stereocenters. The summed E-state index contributed by atoms with van der Waals surface area (Å²) in [6.07, 6.45) is 1.65. The van der Waals surface area contributed by atoms with Crippen molar-refractivity contribution >= 4 is 22.8 Å². The molecule has 4 aromatic heterocycles. The Morgan fingerprint density at radius 3 is 3.00 bits per heavy atom. The molecule has 0 aliphatic heterocycles. The van der Waals surface area contributed by atoms with E-state index >= 15 is 0 Å². The lowest BCUT2D eigenvalue weighted by Gasteiger charge is -2.04. The van der Waals surface area contributed by atoms with Gasteiger partial charge in [-0.2, -0.15) is 15.9 Å². The molecule has 4 aromatic rings. The molecule has 6 nitrogen and oxygen atoms in total. The summed E-state index contributed by atoms with van der Waals surface area (Å²) in [6.45, 7) is 0.585. The Hall–Kier alpha value is -2.67. The van der Waals surface area contributed by atoms with Crippen molar-refractivity contribution in [3.05, 3.63) is 53.1 Å². The van der Waals surface area contributed by atoms with Crippen molar-refractivity contribution in [2.45, 2.75) is 6.54 Å². The molecule has 0 radical (unpaired) electrons. The molecule has 4 heterocycles. The highest BCUT2D eigenvalue weighted by molar-refractivity contribution is 7.08. The summed E-state index contributed by atoms with van der Waals surface area (Å²) < 4.78 is 7.03. The van der Waals surface area contributed by atoms with Crippen molar-refractivity contribution in [1.82, 2.24) is 19.8 Å². The maximum Gasteiger partial charge on any atom is 0.186 e. The van der Waals surface area contributed by atoms with Crippen LogP contribution in [0.1, 0.15) is 5.76 Å². The molecule has 0 spiro atoms. The van der Waals surface area contributed by atoms with Gasteiger partial charge in [-0.3, -0.25) is 0 Å². The number of nitrogens with one attached hydrogen (secondary N) is 1. The Morgan fingerprint density at radius 2 is 2.19 bits per heavy atom. The summed E-state index contributed by atoms with van der Waals surface area (Å²) in [5.74, 6) is 2.35. The molecule has 7 heteroatoms. The van der Waals surface area contributed by atoms with E-state index in [-0.39, 0.29) is 0 Å². The van der Waals surface area contributed by atoms with Crippen LogP contribution in [0.15, 0.2) is 51.8 Å². The van der Waals surface area contributed by atoms with E-state index in [0.717, 1.165) is 28.6 Å². The van der Waals surface area contributed by atoms with E-state index in [1.807, 2.05) is 41.1 Å². The fourth-order valence-electron chi connectivity index (χ4n) is 2.05. The molecule has 0 atom stereocenters. The van der Waals surface area contributed by atoms with Gasteiger partial charge >= 0.3 is 0 Å². The van der Waals surface area contributed by atoms with Crippen LogP contribution < -0.4 is 5.32 Å². The SMILES string of the molecule is c1coc(CNc2ccc3nnc(-c4ccsc4)n3n2)c1. The Balaban J connectivity index is 1.67. The molecule has 0 fully saturated rings. The van der Waals surface area contributed by atoms with Crippen LogP contribution in [0.4, 0.5) is 5.82 Å². The third kappa shape index (κ3) is 2.27. The highest BCUT2D eigenvalue weighted by Crippen LogP contribution is 2.20. The molecule has 0 amide bonds. The van der Waals surface area contributed by atoms with Crippen LogP contribution in [0.3, 0.4) is 0 Å². The van der Waals surface area contributed by atoms with E-state index in [9.17, 15) is 0 Å². The maximum atomic E-state index is 5.29. The van der Waals surface area contributed by atoms with Crippen molar-refractivity contribution in [3.63, 3.8) is 0 Å². The first-order valence-corrected chi connectivity index (χ1v) is 7.36. The summed E-state index contributed by atoms with van der Waals surface area (Å²) in [5.41, 5.74) is 1.74. The van der Waals surface area contributed by atoms with Gasteiger partial charge in [-0.25, -0.2) is 0 Å². The van der Waals surface area contributed by atoms with E-state index < -0.39 is 0 Å². The molecule has 104 valence electrons. The molecule has 0 bridgehead atoms. The van der Waals surface area contributed by atoms with Crippen molar-refractivity contribution in [2.75, 3.05) is 5.32 Å². The largest absolute Gasteiger partial charge is 0.467 e.